The number of anilines is 3. The summed E-state index contributed by atoms with van der Waals surface area (Å²) < 4.78 is 0. The van der Waals surface area contributed by atoms with Gasteiger partial charge in [-0.2, -0.15) is 0 Å². The van der Waals surface area contributed by atoms with E-state index in [1.165, 1.54) is 13.0 Å². The van der Waals surface area contributed by atoms with Crippen LogP contribution in [0.5, 0.6) is 0 Å². The minimum Gasteiger partial charge on any atom is -0.326 e. The molecule has 1 aliphatic heterocycles. The van der Waals surface area contributed by atoms with Crippen molar-refractivity contribution in [3.63, 3.8) is 0 Å². The van der Waals surface area contributed by atoms with Crippen molar-refractivity contribution in [3.05, 3.63) is 59.7 Å². The molecule has 0 radical (unpaired) electrons. The number of carbonyl (C=O) groups is 3. The molecule has 2 N–H and O–H groups in total. The predicted octanol–water partition coefficient (Wildman–Crippen LogP) is 3.73. The van der Waals surface area contributed by atoms with E-state index in [1.807, 2.05) is 31.2 Å². The summed E-state index contributed by atoms with van der Waals surface area (Å²) >= 11 is 0. The van der Waals surface area contributed by atoms with Crippen LogP contribution in [0.15, 0.2) is 48.5 Å². The highest BCUT2D eigenvalue weighted by Crippen LogP contribution is 2.22. The summed E-state index contributed by atoms with van der Waals surface area (Å²) in [6.07, 6.45) is 4.69. The van der Waals surface area contributed by atoms with Gasteiger partial charge < -0.3 is 15.5 Å². The number of nitrogens with one attached hydrogen (secondary N) is 2. The van der Waals surface area contributed by atoms with E-state index in [0.717, 1.165) is 35.5 Å². The number of aryl methyl sites for hydroxylation is 1. The molecular formula is C22H23N3O3. The van der Waals surface area contributed by atoms with E-state index in [1.54, 1.807) is 29.2 Å². The zero-order chi connectivity index (χ0) is 20.1. The van der Waals surface area contributed by atoms with Crippen molar-refractivity contribution in [2.45, 2.75) is 26.7 Å². The van der Waals surface area contributed by atoms with Gasteiger partial charge in [0, 0.05) is 43.0 Å². The quantitative estimate of drug-likeness (QED) is 0.779. The van der Waals surface area contributed by atoms with E-state index in [4.69, 9.17) is 0 Å². The molecule has 6 nitrogen and oxygen atoms in total. The number of benzene rings is 2. The molecule has 1 fully saturated rings. The summed E-state index contributed by atoms with van der Waals surface area (Å²) in [5, 5.41) is 5.54. The first kappa shape index (κ1) is 19.4. The Kier molecular flexibility index (Phi) is 5.89. The average Bonchev–Trinajstić information content (AvgIpc) is 3.08. The molecule has 0 aliphatic carbocycles. The highest BCUT2D eigenvalue weighted by molar-refractivity contribution is 6.02. The minimum absolute atomic E-state index is 0.136. The molecule has 3 rings (SSSR count). The first-order chi connectivity index (χ1) is 13.4. The molecular weight excluding hydrogens is 354 g/mol. The van der Waals surface area contributed by atoms with E-state index >= 15 is 0 Å². The molecule has 0 atom stereocenters. The number of hydrogen-bond donors (Lipinski definition) is 2. The topological polar surface area (TPSA) is 78.5 Å². The van der Waals surface area contributed by atoms with Gasteiger partial charge in [-0.25, -0.2) is 0 Å². The Morgan fingerprint density at radius 3 is 2.43 bits per heavy atom. The third kappa shape index (κ3) is 4.85. The predicted molar refractivity (Wildman–Crippen MR) is 111 cm³/mol. The van der Waals surface area contributed by atoms with Gasteiger partial charge in [0.1, 0.15) is 0 Å². The van der Waals surface area contributed by atoms with Crippen molar-refractivity contribution in [1.82, 2.24) is 0 Å². The first-order valence-electron chi connectivity index (χ1n) is 9.20. The highest BCUT2D eigenvalue weighted by atomic mass is 16.2. The monoisotopic (exact) mass is 377 g/mol. The highest BCUT2D eigenvalue weighted by Gasteiger charge is 2.21. The maximum Gasteiger partial charge on any atom is 0.248 e. The van der Waals surface area contributed by atoms with E-state index < -0.39 is 0 Å². The van der Waals surface area contributed by atoms with Gasteiger partial charge in [-0.15, -0.1) is 0 Å². The Bertz CT molecular complexity index is 933. The third-order valence-electron chi connectivity index (χ3n) is 4.51. The van der Waals surface area contributed by atoms with Gasteiger partial charge in [-0.3, -0.25) is 14.4 Å². The van der Waals surface area contributed by atoms with Crippen LogP contribution in [0, 0.1) is 6.92 Å². The maximum absolute atomic E-state index is 12.2. The molecule has 6 heteroatoms. The van der Waals surface area contributed by atoms with Crippen LogP contribution >= 0.6 is 0 Å². The molecule has 0 aromatic heterocycles. The lowest BCUT2D eigenvalue weighted by atomic mass is 10.1. The van der Waals surface area contributed by atoms with Crippen molar-refractivity contribution in [2.24, 2.45) is 0 Å². The Balaban J connectivity index is 1.60. The smallest absolute Gasteiger partial charge is 0.248 e. The standard InChI is InChI=1S/C22H23N3O3/c1-15-14-18(8-11-20(15)23-16(2)26)24-21(27)12-7-17-5-9-19(10-6-17)25-13-3-4-22(25)28/h5-12,14H,3-4,13H2,1-2H3,(H,23,26)(H,24,27). The van der Waals surface area contributed by atoms with Crippen LogP contribution in [0.3, 0.4) is 0 Å². The van der Waals surface area contributed by atoms with Gasteiger partial charge in [0.05, 0.1) is 0 Å². The van der Waals surface area contributed by atoms with Crippen LogP contribution in [0.25, 0.3) is 6.08 Å². The Morgan fingerprint density at radius 2 is 1.82 bits per heavy atom. The SMILES string of the molecule is CC(=O)Nc1ccc(NC(=O)C=Cc2ccc(N3CCCC3=O)cc2)cc1C. The molecule has 0 bridgehead atoms. The van der Waals surface area contributed by atoms with Crippen molar-refractivity contribution in [1.29, 1.82) is 0 Å². The molecule has 28 heavy (non-hydrogen) atoms. The van der Waals surface area contributed by atoms with E-state index in [-0.39, 0.29) is 17.7 Å². The molecule has 0 spiro atoms. The first-order valence-corrected chi connectivity index (χ1v) is 9.20. The summed E-state index contributed by atoms with van der Waals surface area (Å²) in [6.45, 7) is 4.08. The lowest BCUT2D eigenvalue weighted by Gasteiger charge is -2.15. The van der Waals surface area contributed by atoms with Crippen molar-refractivity contribution in [2.75, 3.05) is 22.1 Å². The van der Waals surface area contributed by atoms with Gasteiger partial charge in [-0.1, -0.05) is 12.1 Å². The van der Waals surface area contributed by atoms with Crippen LogP contribution in [0.1, 0.15) is 30.9 Å². The van der Waals surface area contributed by atoms with Gasteiger partial charge in [0.15, 0.2) is 0 Å². The molecule has 2 aromatic rings. The zero-order valence-electron chi connectivity index (χ0n) is 16.0. The summed E-state index contributed by atoms with van der Waals surface area (Å²) in [4.78, 5) is 36.9. The summed E-state index contributed by atoms with van der Waals surface area (Å²) in [5.41, 5.74) is 4.01. The van der Waals surface area contributed by atoms with Crippen LogP contribution in [0.2, 0.25) is 0 Å². The number of amides is 3. The lowest BCUT2D eigenvalue weighted by molar-refractivity contribution is -0.117. The maximum atomic E-state index is 12.2. The number of hydrogen-bond acceptors (Lipinski definition) is 3. The molecule has 1 aliphatic rings. The zero-order valence-corrected chi connectivity index (χ0v) is 16.0. The normalized spacial score (nSPS) is 13.8. The number of nitrogens with zero attached hydrogens (tertiary/aromatic N) is 1. The molecule has 3 amide bonds. The number of carbonyl (C=O) groups excluding carboxylic acids is 3. The van der Waals surface area contributed by atoms with Gasteiger partial charge in [0.2, 0.25) is 17.7 Å². The third-order valence-corrected chi connectivity index (χ3v) is 4.51. The molecule has 1 saturated heterocycles. The van der Waals surface area contributed by atoms with E-state index in [2.05, 4.69) is 10.6 Å². The second-order valence-corrected chi connectivity index (χ2v) is 6.77. The largest absolute Gasteiger partial charge is 0.326 e. The van der Waals surface area contributed by atoms with Crippen LogP contribution in [-0.4, -0.2) is 24.3 Å². The summed E-state index contributed by atoms with van der Waals surface area (Å²) in [7, 11) is 0. The van der Waals surface area contributed by atoms with Gasteiger partial charge in [-0.05, 0) is 60.9 Å². The second kappa shape index (κ2) is 8.52. The average molecular weight is 377 g/mol. The van der Waals surface area contributed by atoms with Crippen LogP contribution in [0.4, 0.5) is 17.1 Å². The molecule has 144 valence electrons. The molecule has 0 unspecified atom stereocenters. The van der Waals surface area contributed by atoms with Crippen molar-refractivity contribution < 1.29 is 14.4 Å². The minimum atomic E-state index is -0.245. The van der Waals surface area contributed by atoms with Crippen LogP contribution < -0.4 is 15.5 Å². The Morgan fingerprint density at radius 1 is 1.07 bits per heavy atom. The molecule has 1 heterocycles. The fourth-order valence-corrected chi connectivity index (χ4v) is 3.11. The van der Waals surface area contributed by atoms with Crippen molar-refractivity contribution in [3.8, 4) is 0 Å². The van der Waals surface area contributed by atoms with Crippen LogP contribution in [-0.2, 0) is 14.4 Å². The summed E-state index contributed by atoms with van der Waals surface area (Å²) in [6, 6.07) is 12.9. The van der Waals surface area contributed by atoms with Gasteiger partial charge in [0.25, 0.3) is 0 Å². The fraction of sp³-hybridized carbons (Fsp3) is 0.227. The Labute approximate surface area is 164 Å². The van der Waals surface area contributed by atoms with Gasteiger partial charge >= 0.3 is 0 Å². The van der Waals surface area contributed by atoms with E-state index in [9.17, 15) is 14.4 Å². The Hall–Kier alpha value is -3.41. The number of rotatable bonds is 5. The second-order valence-electron chi connectivity index (χ2n) is 6.77. The lowest BCUT2D eigenvalue weighted by Crippen LogP contribution is -2.23. The fourth-order valence-electron chi connectivity index (χ4n) is 3.11. The molecule has 2 aromatic carbocycles. The summed E-state index contributed by atoms with van der Waals surface area (Å²) in [5.74, 6) is -0.226. The van der Waals surface area contributed by atoms with E-state index in [0.29, 0.717) is 12.1 Å². The van der Waals surface area contributed by atoms with Crippen molar-refractivity contribution >= 4 is 40.9 Å². The molecule has 0 saturated carbocycles.